The van der Waals surface area contributed by atoms with Gasteiger partial charge in [0.05, 0.1) is 11.0 Å². The topological polar surface area (TPSA) is 67.2 Å². The number of nitrogens with one attached hydrogen (secondary N) is 1. The molecule has 3 rings (SSSR count). The van der Waals surface area contributed by atoms with Crippen molar-refractivity contribution in [1.29, 1.82) is 0 Å². The van der Waals surface area contributed by atoms with Crippen molar-refractivity contribution in [1.82, 2.24) is 19.8 Å². The molecule has 0 saturated carbocycles. The molecule has 0 unspecified atom stereocenters. The molecule has 6 nitrogen and oxygen atoms in total. The third-order valence-corrected chi connectivity index (χ3v) is 5.02. The smallest absolute Gasteiger partial charge is 0.240 e. The van der Waals surface area contributed by atoms with Crippen molar-refractivity contribution in [3.05, 3.63) is 30.1 Å². The van der Waals surface area contributed by atoms with Crippen LogP contribution in [0.1, 0.15) is 39.4 Å². The fraction of sp³-hybridized carbons (Fsp3) is 0.550. The summed E-state index contributed by atoms with van der Waals surface area (Å²) >= 11 is 0. The number of carbonyl (C=O) groups is 2. The number of imidazole rings is 1. The fourth-order valence-corrected chi connectivity index (χ4v) is 3.60. The van der Waals surface area contributed by atoms with Gasteiger partial charge in [-0.05, 0) is 25.0 Å². The molecule has 1 N–H and O–H groups in total. The largest absolute Gasteiger partial charge is 0.352 e. The minimum absolute atomic E-state index is 0.0106. The lowest BCUT2D eigenvalue weighted by molar-refractivity contribution is -0.135. The SMILES string of the molecule is CCc1nc2ccccc2n1CC(=O)NC1CCN(C(=O)C(C)C)CC1. The lowest BCUT2D eigenvalue weighted by Crippen LogP contribution is -2.48. The molecule has 0 aliphatic carbocycles. The van der Waals surface area contributed by atoms with Crippen molar-refractivity contribution in [2.45, 2.75) is 52.6 Å². The summed E-state index contributed by atoms with van der Waals surface area (Å²) in [6, 6.07) is 8.05. The third-order valence-electron chi connectivity index (χ3n) is 5.02. The second kappa shape index (κ2) is 7.89. The number of para-hydroxylation sites is 2. The predicted molar refractivity (Wildman–Crippen MR) is 102 cm³/mol. The summed E-state index contributed by atoms with van der Waals surface area (Å²) in [5.74, 6) is 1.17. The normalized spacial score (nSPS) is 15.6. The number of aromatic nitrogens is 2. The van der Waals surface area contributed by atoms with E-state index in [0.717, 1.165) is 49.2 Å². The minimum Gasteiger partial charge on any atom is -0.352 e. The van der Waals surface area contributed by atoms with Gasteiger partial charge in [0, 0.05) is 31.5 Å². The zero-order valence-electron chi connectivity index (χ0n) is 15.9. The van der Waals surface area contributed by atoms with Crippen LogP contribution in [-0.4, -0.2) is 45.4 Å². The molecule has 1 aromatic heterocycles. The molecule has 2 amide bonds. The van der Waals surface area contributed by atoms with Gasteiger partial charge in [-0.25, -0.2) is 4.98 Å². The first kappa shape index (κ1) is 18.4. The number of fused-ring (bicyclic) bond motifs is 1. The lowest BCUT2D eigenvalue weighted by atomic mass is 10.0. The third kappa shape index (κ3) is 3.89. The van der Waals surface area contributed by atoms with Crippen LogP contribution in [0.25, 0.3) is 11.0 Å². The van der Waals surface area contributed by atoms with Gasteiger partial charge in [0.15, 0.2) is 0 Å². The average Bonchev–Trinajstić information content (AvgIpc) is 2.99. The second-order valence-electron chi connectivity index (χ2n) is 7.28. The Morgan fingerprint density at radius 3 is 2.58 bits per heavy atom. The summed E-state index contributed by atoms with van der Waals surface area (Å²) in [7, 11) is 0. The zero-order chi connectivity index (χ0) is 18.7. The maximum atomic E-state index is 12.6. The number of piperidine rings is 1. The molecule has 0 bridgehead atoms. The molecule has 0 spiro atoms. The van der Waals surface area contributed by atoms with Gasteiger partial charge in [-0.2, -0.15) is 0 Å². The Labute approximate surface area is 154 Å². The Bertz CT molecular complexity index is 788. The highest BCUT2D eigenvalue weighted by molar-refractivity contribution is 5.81. The van der Waals surface area contributed by atoms with Crippen LogP contribution in [0, 0.1) is 5.92 Å². The first-order valence-electron chi connectivity index (χ1n) is 9.52. The number of aryl methyl sites for hydroxylation is 1. The molecule has 1 saturated heterocycles. The van der Waals surface area contributed by atoms with Crippen molar-refractivity contribution < 1.29 is 9.59 Å². The molecule has 140 valence electrons. The molecule has 0 atom stereocenters. The molecule has 2 heterocycles. The molecule has 26 heavy (non-hydrogen) atoms. The quantitative estimate of drug-likeness (QED) is 0.894. The van der Waals surface area contributed by atoms with Gasteiger partial charge >= 0.3 is 0 Å². The molecule has 0 radical (unpaired) electrons. The number of benzene rings is 1. The fourth-order valence-electron chi connectivity index (χ4n) is 3.60. The first-order valence-corrected chi connectivity index (χ1v) is 9.52. The molecule has 1 aliphatic rings. The summed E-state index contributed by atoms with van der Waals surface area (Å²) in [4.78, 5) is 31.2. The Morgan fingerprint density at radius 1 is 1.23 bits per heavy atom. The Morgan fingerprint density at radius 2 is 1.92 bits per heavy atom. The highest BCUT2D eigenvalue weighted by atomic mass is 16.2. The Balaban J connectivity index is 1.60. The highest BCUT2D eigenvalue weighted by Crippen LogP contribution is 2.17. The van der Waals surface area contributed by atoms with E-state index in [1.165, 1.54) is 0 Å². The summed E-state index contributed by atoms with van der Waals surface area (Å²) in [5, 5.41) is 3.14. The Kier molecular flexibility index (Phi) is 5.59. The molecule has 1 fully saturated rings. The molecular formula is C20H28N4O2. The van der Waals surface area contributed by atoms with Crippen molar-refractivity contribution in [2.24, 2.45) is 5.92 Å². The van der Waals surface area contributed by atoms with Crippen molar-refractivity contribution >= 4 is 22.8 Å². The van der Waals surface area contributed by atoms with E-state index in [2.05, 4.69) is 17.2 Å². The maximum absolute atomic E-state index is 12.6. The van der Waals surface area contributed by atoms with Crippen LogP contribution in [0.2, 0.25) is 0 Å². The number of hydrogen-bond donors (Lipinski definition) is 1. The van der Waals surface area contributed by atoms with Gasteiger partial charge in [-0.1, -0.05) is 32.9 Å². The number of likely N-dealkylation sites (tertiary alicyclic amines) is 1. The van der Waals surface area contributed by atoms with E-state index < -0.39 is 0 Å². The van der Waals surface area contributed by atoms with Crippen LogP contribution < -0.4 is 5.32 Å². The van der Waals surface area contributed by atoms with Crippen LogP contribution in [0.3, 0.4) is 0 Å². The van der Waals surface area contributed by atoms with Gasteiger partial charge in [0.2, 0.25) is 11.8 Å². The van der Waals surface area contributed by atoms with Gasteiger partial charge in [0.1, 0.15) is 12.4 Å². The highest BCUT2D eigenvalue weighted by Gasteiger charge is 2.25. The van der Waals surface area contributed by atoms with Gasteiger partial charge < -0.3 is 14.8 Å². The number of nitrogens with zero attached hydrogens (tertiary/aromatic N) is 3. The van der Waals surface area contributed by atoms with Crippen molar-refractivity contribution in [3.63, 3.8) is 0 Å². The summed E-state index contributed by atoms with van der Waals surface area (Å²) in [5.41, 5.74) is 1.93. The lowest BCUT2D eigenvalue weighted by Gasteiger charge is -2.33. The second-order valence-corrected chi connectivity index (χ2v) is 7.28. The van der Waals surface area contributed by atoms with Crippen LogP contribution in [0.4, 0.5) is 0 Å². The van der Waals surface area contributed by atoms with Crippen molar-refractivity contribution in [2.75, 3.05) is 13.1 Å². The Hall–Kier alpha value is -2.37. The van der Waals surface area contributed by atoms with E-state index in [4.69, 9.17) is 0 Å². The van der Waals surface area contributed by atoms with Crippen LogP contribution >= 0.6 is 0 Å². The van der Waals surface area contributed by atoms with Crippen LogP contribution in [0.15, 0.2) is 24.3 Å². The van der Waals surface area contributed by atoms with Crippen LogP contribution in [0.5, 0.6) is 0 Å². The van der Waals surface area contributed by atoms with E-state index in [1.807, 2.05) is 47.6 Å². The first-order chi connectivity index (χ1) is 12.5. The minimum atomic E-state index is 0.0106. The summed E-state index contributed by atoms with van der Waals surface area (Å²) in [6.07, 6.45) is 2.42. The van der Waals surface area contributed by atoms with Crippen LogP contribution in [-0.2, 0) is 22.6 Å². The summed E-state index contributed by atoms with van der Waals surface area (Å²) in [6.45, 7) is 7.63. The van der Waals surface area contributed by atoms with Gasteiger partial charge in [0.25, 0.3) is 0 Å². The van der Waals surface area contributed by atoms with E-state index in [0.29, 0.717) is 0 Å². The monoisotopic (exact) mass is 356 g/mol. The van der Waals surface area contributed by atoms with E-state index in [1.54, 1.807) is 0 Å². The number of hydrogen-bond acceptors (Lipinski definition) is 3. The maximum Gasteiger partial charge on any atom is 0.240 e. The van der Waals surface area contributed by atoms with Crippen molar-refractivity contribution in [3.8, 4) is 0 Å². The van der Waals surface area contributed by atoms with E-state index in [-0.39, 0.29) is 30.3 Å². The number of rotatable bonds is 5. The molecule has 6 heteroatoms. The zero-order valence-corrected chi connectivity index (χ0v) is 15.9. The average molecular weight is 356 g/mol. The number of carbonyl (C=O) groups excluding carboxylic acids is 2. The molecule has 2 aromatic rings. The molecule has 1 aliphatic heterocycles. The number of amides is 2. The summed E-state index contributed by atoms with van der Waals surface area (Å²) < 4.78 is 2.00. The molecular weight excluding hydrogens is 328 g/mol. The van der Waals surface area contributed by atoms with E-state index in [9.17, 15) is 9.59 Å². The van der Waals surface area contributed by atoms with Gasteiger partial charge in [-0.15, -0.1) is 0 Å². The van der Waals surface area contributed by atoms with Gasteiger partial charge in [-0.3, -0.25) is 9.59 Å². The predicted octanol–water partition coefficient (Wildman–Crippen LogP) is 2.36. The standard InChI is InChI=1S/C20H28N4O2/c1-4-18-22-16-7-5-6-8-17(16)24(18)13-19(25)21-15-9-11-23(12-10-15)20(26)14(2)3/h5-8,14-15H,4,9-13H2,1-3H3,(H,21,25). The molecule has 1 aromatic carbocycles. The van der Waals surface area contributed by atoms with E-state index >= 15 is 0 Å².